The molecule has 1 saturated heterocycles. The van der Waals surface area contributed by atoms with Crippen molar-refractivity contribution < 1.29 is 27.6 Å². The summed E-state index contributed by atoms with van der Waals surface area (Å²) < 4.78 is 38.8. The lowest BCUT2D eigenvalue weighted by Gasteiger charge is -2.26. The number of alkyl halides is 3. The minimum absolute atomic E-state index is 0.00165. The van der Waals surface area contributed by atoms with Gasteiger partial charge in [0.05, 0.1) is 22.1 Å². The number of rotatable bonds is 4. The molecule has 32 heavy (non-hydrogen) atoms. The molecule has 0 radical (unpaired) electrons. The van der Waals surface area contributed by atoms with E-state index >= 15 is 0 Å². The summed E-state index contributed by atoms with van der Waals surface area (Å²) >= 11 is 1.14. The molecule has 1 aromatic carbocycles. The van der Waals surface area contributed by atoms with Gasteiger partial charge in [-0.3, -0.25) is 14.4 Å². The molecule has 1 fully saturated rings. The van der Waals surface area contributed by atoms with Crippen molar-refractivity contribution in [3.8, 4) is 0 Å². The first kappa shape index (κ1) is 22.4. The Morgan fingerprint density at radius 3 is 2.75 bits per heavy atom. The number of fused-ring (bicyclic) bond motifs is 1. The number of nitrogens with one attached hydrogen (secondary N) is 1. The summed E-state index contributed by atoms with van der Waals surface area (Å²) in [5.41, 5.74) is 0.0749. The predicted octanol–water partition coefficient (Wildman–Crippen LogP) is 4.30. The van der Waals surface area contributed by atoms with Crippen LogP contribution in [0, 0.1) is 11.3 Å². The van der Waals surface area contributed by atoms with Crippen molar-refractivity contribution in [3.63, 3.8) is 0 Å². The summed E-state index contributed by atoms with van der Waals surface area (Å²) in [4.78, 5) is 43.8. The average molecular weight is 465 g/mol. The van der Waals surface area contributed by atoms with Crippen molar-refractivity contribution in [1.29, 1.82) is 0 Å². The predicted molar refractivity (Wildman–Crippen MR) is 112 cm³/mol. The molecule has 2 amide bonds. The van der Waals surface area contributed by atoms with Crippen LogP contribution < -0.4 is 5.32 Å². The fourth-order valence-corrected chi connectivity index (χ4v) is 5.07. The SMILES string of the molecule is CC1(C)CC(=O)c2sc(NC(=O)C3CC(=O)N(Cc4cccc(C(F)(F)F)c4)C3)nc2C1. The van der Waals surface area contributed by atoms with Gasteiger partial charge in [-0.25, -0.2) is 4.98 Å². The van der Waals surface area contributed by atoms with E-state index in [9.17, 15) is 27.6 Å². The molecule has 6 nitrogen and oxygen atoms in total. The lowest BCUT2D eigenvalue weighted by Crippen LogP contribution is -2.28. The molecule has 1 aliphatic heterocycles. The number of anilines is 1. The number of benzene rings is 1. The van der Waals surface area contributed by atoms with Crippen molar-refractivity contribution in [2.45, 2.75) is 45.8 Å². The van der Waals surface area contributed by atoms with Gasteiger partial charge in [-0.15, -0.1) is 0 Å². The van der Waals surface area contributed by atoms with Gasteiger partial charge < -0.3 is 10.2 Å². The quantitative estimate of drug-likeness (QED) is 0.730. The molecule has 1 N–H and O–H groups in total. The smallest absolute Gasteiger partial charge is 0.338 e. The highest BCUT2D eigenvalue weighted by Gasteiger charge is 2.37. The Hall–Kier alpha value is -2.75. The second-order valence-electron chi connectivity index (χ2n) is 9.10. The summed E-state index contributed by atoms with van der Waals surface area (Å²) in [5, 5.41) is 3.04. The van der Waals surface area contributed by atoms with Crippen LogP contribution in [0.25, 0.3) is 0 Å². The van der Waals surface area contributed by atoms with E-state index in [4.69, 9.17) is 0 Å². The fraction of sp³-hybridized carbons (Fsp3) is 0.455. The highest BCUT2D eigenvalue weighted by Crippen LogP contribution is 2.38. The van der Waals surface area contributed by atoms with Crippen LogP contribution in [0.1, 0.15) is 53.2 Å². The van der Waals surface area contributed by atoms with Crippen LogP contribution in [0.4, 0.5) is 18.3 Å². The zero-order valence-electron chi connectivity index (χ0n) is 17.6. The van der Waals surface area contributed by atoms with Gasteiger partial charge in [0.1, 0.15) is 0 Å². The largest absolute Gasteiger partial charge is 0.416 e. The van der Waals surface area contributed by atoms with Gasteiger partial charge in [0, 0.05) is 25.9 Å². The van der Waals surface area contributed by atoms with E-state index in [0.717, 1.165) is 23.5 Å². The Kier molecular flexibility index (Phi) is 5.60. The van der Waals surface area contributed by atoms with Gasteiger partial charge >= 0.3 is 6.18 Å². The minimum Gasteiger partial charge on any atom is -0.338 e. The Morgan fingerprint density at radius 1 is 1.28 bits per heavy atom. The average Bonchev–Trinajstić information content (AvgIpc) is 3.24. The maximum atomic E-state index is 12.9. The molecule has 1 aliphatic carbocycles. The lowest BCUT2D eigenvalue weighted by molar-refractivity contribution is -0.137. The van der Waals surface area contributed by atoms with Crippen LogP contribution in [0.15, 0.2) is 24.3 Å². The Balaban J connectivity index is 1.41. The highest BCUT2D eigenvalue weighted by molar-refractivity contribution is 7.17. The first-order chi connectivity index (χ1) is 14.9. The summed E-state index contributed by atoms with van der Waals surface area (Å²) in [7, 11) is 0. The number of carbonyl (C=O) groups is 3. The van der Waals surface area contributed by atoms with E-state index in [2.05, 4.69) is 10.3 Å². The van der Waals surface area contributed by atoms with Crippen LogP contribution in [-0.4, -0.2) is 34.0 Å². The molecular formula is C22H22F3N3O3S. The summed E-state index contributed by atoms with van der Waals surface area (Å²) in [5.74, 6) is -1.31. The molecule has 2 aromatic rings. The highest BCUT2D eigenvalue weighted by atomic mass is 32.1. The Bertz CT molecular complexity index is 1090. The van der Waals surface area contributed by atoms with Crippen molar-refractivity contribution in [1.82, 2.24) is 9.88 Å². The molecule has 1 aromatic heterocycles. The standard InChI is InChI=1S/C22H22F3N3O3S/c1-21(2)8-15-18(16(29)9-21)32-20(26-15)27-19(31)13-7-17(30)28(11-13)10-12-4-3-5-14(6-12)22(23,24)25/h3-6,13H,7-11H2,1-2H3,(H,26,27,31). The van der Waals surface area contributed by atoms with E-state index in [1.165, 1.54) is 17.0 Å². The number of amides is 2. The van der Waals surface area contributed by atoms with E-state index < -0.39 is 17.7 Å². The van der Waals surface area contributed by atoms with Gasteiger partial charge in [-0.05, 0) is 29.5 Å². The fourth-order valence-electron chi connectivity index (χ4n) is 4.15. The van der Waals surface area contributed by atoms with E-state index in [0.29, 0.717) is 34.1 Å². The van der Waals surface area contributed by atoms with E-state index in [1.807, 2.05) is 13.8 Å². The summed E-state index contributed by atoms with van der Waals surface area (Å²) in [6, 6.07) is 4.81. The molecule has 10 heteroatoms. The van der Waals surface area contributed by atoms with Crippen LogP contribution in [0.2, 0.25) is 0 Å². The van der Waals surface area contributed by atoms with Gasteiger partial charge in [-0.2, -0.15) is 13.2 Å². The van der Waals surface area contributed by atoms with Gasteiger partial charge in [0.15, 0.2) is 10.9 Å². The van der Waals surface area contributed by atoms with Gasteiger partial charge in [0.2, 0.25) is 11.8 Å². The van der Waals surface area contributed by atoms with Gasteiger partial charge in [-0.1, -0.05) is 37.3 Å². The first-order valence-electron chi connectivity index (χ1n) is 10.2. The zero-order chi connectivity index (χ0) is 23.3. The van der Waals surface area contributed by atoms with Crippen LogP contribution >= 0.6 is 11.3 Å². The number of halogens is 3. The number of carbonyl (C=O) groups excluding carboxylic acids is 3. The van der Waals surface area contributed by atoms with Crippen molar-refractivity contribution in [3.05, 3.63) is 46.0 Å². The second-order valence-corrected chi connectivity index (χ2v) is 10.1. The van der Waals surface area contributed by atoms with Gasteiger partial charge in [0.25, 0.3) is 0 Å². The third kappa shape index (κ3) is 4.69. The second kappa shape index (κ2) is 7.99. The number of Topliss-reactive ketones (excluding diaryl/α,β-unsaturated/α-hetero) is 1. The number of ketones is 1. The number of aromatic nitrogens is 1. The molecule has 0 bridgehead atoms. The molecule has 0 saturated carbocycles. The lowest BCUT2D eigenvalue weighted by atomic mass is 9.78. The number of hydrogen-bond acceptors (Lipinski definition) is 5. The topological polar surface area (TPSA) is 79.4 Å². The van der Waals surface area contributed by atoms with Crippen molar-refractivity contribution in [2.24, 2.45) is 11.3 Å². The third-order valence-corrected chi connectivity index (χ3v) is 6.73. The Morgan fingerprint density at radius 2 is 2.03 bits per heavy atom. The van der Waals surface area contributed by atoms with Crippen LogP contribution in [0.5, 0.6) is 0 Å². The number of hydrogen-bond donors (Lipinski definition) is 1. The van der Waals surface area contributed by atoms with E-state index in [-0.39, 0.29) is 42.5 Å². The molecule has 1 unspecified atom stereocenters. The molecule has 170 valence electrons. The van der Waals surface area contributed by atoms with Crippen molar-refractivity contribution in [2.75, 3.05) is 11.9 Å². The number of nitrogens with zero attached hydrogens (tertiary/aromatic N) is 2. The number of likely N-dealkylation sites (tertiary alicyclic amines) is 1. The summed E-state index contributed by atoms with van der Waals surface area (Å²) in [6.45, 7) is 4.10. The molecular weight excluding hydrogens is 443 g/mol. The zero-order valence-corrected chi connectivity index (χ0v) is 18.4. The Labute approximate surface area is 186 Å². The number of thiazole rings is 1. The first-order valence-corrected chi connectivity index (χ1v) is 11.0. The molecule has 0 spiro atoms. The molecule has 1 atom stereocenters. The van der Waals surface area contributed by atoms with E-state index in [1.54, 1.807) is 0 Å². The maximum absolute atomic E-state index is 12.9. The van der Waals surface area contributed by atoms with Crippen molar-refractivity contribution >= 4 is 34.1 Å². The normalized spacial score (nSPS) is 20.4. The monoisotopic (exact) mass is 465 g/mol. The molecule has 4 rings (SSSR count). The maximum Gasteiger partial charge on any atom is 0.416 e. The molecule has 2 heterocycles. The molecule has 2 aliphatic rings. The van der Waals surface area contributed by atoms with Crippen LogP contribution in [-0.2, 0) is 28.7 Å². The minimum atomic E-state index is -4.46. The summed E-state index contributed by atoms with van der Waals surface area (Å²) in [6.07, 6.45) is -3.41. The third-order valence-electron chi connectivity index (χ3n) is 5.68. The van der Waals surface area contributed by atoms with Crippen LogP contribution in [0.3, 0.4) is 0 Å².